The first-order valence-electron chi connectivity index (χ1n) is 8.93. The molecule has 1 aromatic rings. The molecule has 1 unspecified atom stereocenters. The average Bonchev–Trinajstić information content (AvgIpc) is 2.57. The van der Waals surface area contributed by atoms with Crippen molar-refractivity contribution in [2.45, 2.75) is 55.4 Å². The normalized spacial score (nSPS) is 30.0. The van der Waals surface area contributed by atoms with Gasteiger partial charge in [-0.25, -0.2) is 37.5 Å². The number of nitrogens with one attached hydrogen (secondary N) is 2. The Labute approximate surface area is 165 Å². The van der Waals surface area contributed by atoms with E-state index in [1.807, 2.05) is 0 Å². The van der Waals surface area contributed by atoms with Crippen molar-refractivity contribution >= 4 is 11.9 Å². The number of alkyl halides is 7. The van der Waals surface area contributed by atoms with Gasteiger partial charge in [0.25, 0.3) is 5.92 Å². The topological polar surface area (TPSA) is 101 Å². The predicted molar refractivity (Wildman–Crippen MR) is 89.7 cm³/mol. The van der Waals surface area contributed by atoms with E-state index in [0.717, 1.165) is 12.3 Å². The number of hydrogen-bond acceptors (Lipinski definition) is 5. The zero-order valence-corrected chi connectivity index (χ0v) is 15.1. The molecule has 3 aliphatic rings. The van der Waals surface area contributed by atoms with Crippen LogP contribution >= 0.6 is 0 Å². The third-order valence-corrected chi connectivity index (χ3v) is 5.21. The van der Waals surface area contributed by atoms with Gasteiger partial charge in [-0.2, -0.15) is 13.2 Å². The Bertz CT molecular complexity index is 897. The van der Waals surface area contributed by atoms with Gasteiger partial charge in [0.05, 0.1) is 11.7 Å². The molecule has 2 fully saturated rings. The van der Waals surface area contributed by atoms with Crippen LogP contribution in [0.2, 0.25) is 0 Å². The van der Waals surface area contributed by atoms with Gasteiger partial charge in [-0.1, -0.05) is 0 Å². The summed E-state index contributed by atoms with van der Waals surface area (Å²) in [6.45, 7) is 0. The second-order valence-corrected chi connectivity index (χ2v) is 7.63. The van der Waals surface area contributed by atoms with E-state index in [-0.39, 0.29) is 17.6 Å². The summed E-state index contributed by atoms with van der Waals surface area (Å²) in [4.78, 5) is 14.8. The predicted octanol–water partition coefficient (Wildman–Crippen LogP) is 2.35. The third kappa shape index (κ3) is 3.74. The molecule has 0 spiro atoms. The van der Waals surface area contributed by atoms with E-state index in [1.54, 1.807) is 0 Å². The van der Waals surface area contributed by atoms with Crippen molar-refractivity contribution < 1.29 is 30.7 Å². The number of nitrogens with zero attached hydrogens (tertiary/aromatic N) is 4. The number of halogens is 7. The molecule has 4 N–H and O–H groups in total. The molecule has 0 saturated heterocycles. The zero-order chi connectivity index (χ0) is 21.9. The largest absolute Gasteiger partial charge is 0.451 e. The molecule has 0 bridgehead atoms. The summed E-state index contributed by atoms with van der Waals surface area (Å²) >= 11 is 0. The van der Waals surface area contributed by atoms with E-state index in [9.17, 15) is 30.7 Å². The average molecular weight is 439 g/mol. The van der Waals surface area contributed by atoms with Crippen molar-refractivity contribution in [3.63, 3.8) is 0 Å². The van der Waals surface area contributed by atoms with Crippen LogP contribution in [0.25, 0.3) is 0 Å². The Balaban J connectivity index is 1.73. The maximum atomic E-state index is 13.6. The van der Waals surface area contributed by atoms with Gasteiger partial charge >= 0.3 is 6.18 Å². The van der Waals surface area contributed by atoms with Crippen LogP contribution < -0.4 is 16.4 Å². The smallest absolute Gasteiger partial charge is 0.370 e. The van der Waals surface area contributed by atoms with E-state index in [1.165, 1.54) is 0 Å². The molecule has 164 valence electrons. The second-order valence-electron chi connectivity index (χ2n) is 7.63. The lowest BCUT2D eigenvalue weighted by Gasteiger charge is -2.48. The molecule has 2 saturated carbocycles. The summed E-state index contributed by atoms with van der Waals surface area (Å²) in [7, 11) is 0. The van der Waals surface area contributed by atoms with Gasteiger partial charge in [0.15, 0.2) is 11.6 Å². The highest BCUT2D eigenvalue weighted by molar-refractivity contribution is 6.00. The summed E-state index contributed by atoms with van der Waals surface area (Å²) < 4.78 is 92.7. The van der Waals surface area contributed by atoms with Crippen molar-refractivity contribution in [1.29, 1.82) is 0 Å². The van der Waals surface area contributed by atoms with Crippen molar-refractivity contribution in [2.24, 2.45) is 21.6 Å². The van der Waals surface area contributed by atoms with Crippen LogP contribution in [-0.2, 0) is 11.8 Å². The maximum absolute atomic E-state index is 13.6. The lowest BCUT2D eigenvalue weighted by atomic mass is 9.71. The van der Waals surface area contributed by atoms with Gasteiger partial charge in [-0.15, -0.1) is 0 Å². The lowest BCUT2D eigenvalue weighted by molar-refractivity contribution is -0.146. The van der Waals surface area contributed by atoms with E-state index in [2.05, 4.69) is 30.6 Å². The summed E-state index contributed by atoms with van der Waals surface area (Å²) in [5.41, 5.74) is 3.54. The van der Waals surface area contributed by atoms with Crippen LogP contribution in [-0.4, -0.2) is 39.8 Å². The van der Waals surface area contributed by atoms with Crippen molar-refractivity contribution in [3.8, 4) is 0 Å². The van der Waals surface area contributed by atoms with Crippen LogP contribution in [0.15, 0.2) is 22.2 Å². The number of nitrogens with two attached hydrogens (primary N) is 1. The maximum Gasteiger partial charge on any atom is 0.451 e. The first-order chi connectivity index (χ1) is 13.8. The molecule has 4 rings (SSSR count). The number of hydrogen-bond donors (Lipinski definition) is 3. The minimum absolute atomic E-state index is 0.148. The summed E-state index contributed by atoms with van der Waals surface area (Å²) in [5, 5.41) is 5.20. The van der Waals surface area contributed by atoms with Crippen LogP contribution in [0.3, 0.4) is 0 Å². The molecule has 0 amide bonds. The molecular weight excluding hydrogens is 423 g/mol. The molecule has 0 radical (unpaired) electrons. The number of aromatic nitrogens is 2. The number of rotatable bonds is 3. The van der Waals surface area contributed by atoms with E-state index < -0.39 is 67.2 Å². The van der Waals surface area contributed by atoms with Crippen LogP contribution in [0, 0.1) is 5.92 Å². The minimum atomic E-state index is -4.88. The Morgan fingerprint density at radius 3 is 2.27 bits per heavy atom. The molecule has 1 atom stereocenters. The van der Waals surface area contributed by atoms with Crippen molar-refractivity contribution in [2.75, 3.05) is 0 Å². The van der Waals surface area contributed by atoms with E-state index in [4.69, 9.17) is 5.73 Å². The summed E-state index contributed by atoms with van der Waals surface area (Å²) in [6.07, 6.45) is -6.44. The van der Waals surface area contributed by atoms with Crippen LogP contribution in [0.4, 0.5) is 30.7 Å². The van der Waals surface area contributed by atoms with Gasteiger partial charge in [0.2, 0.25) is 17.7 Å². The first kappa shape index (κ1) is 20.6. The Morgan fingerprint density at radius 1 is 1.07 bits per heavy atom. The van der Waals surface area contributed by atoms with Gasteiger partial charge in [-0.3, -0.25) is 5.32 Å². The number of aliphatic imine (C=N–C) groups is 2. The highest BCUT2D eigenvalue weighted by atomic mass is 19.4. The van der Waals surface area contributed by atoms with Gasteiger partial charge < -0.3 is 11.1 Å². The second kappa shape index (κ2) is 6.41. The highest BCUT2D eigenvalue weighted by Gasteiger charge is 2.58. The molecule has 2 heterocycles. The Hall–Kier alpha value is -2.67. The van der Waals surface area contributed by atoms with Crippen molar-refractivity contribution in [1.82, 2.24) is 20.6 Å². The minimum Gasteiger partial charge on any atom is -0.370 e. The number of guanidine groups is 2. The monoisotopic (exact) mass is 439 g/mol. The molecule has 2 aliphatic carbocycles. The Morgan fingerprint density at radius 2 is 1.70 bits per heavy atom. The third-order valence-electron chi connectivity index (χ3n) is 5.21. The molecule has 0 aromatic carbocycles. The molecular formula is C16H16F7N7. The van der Waals surface area contributed by atoms with Crippen molar-refractivity contribution in [3.05, 3.63) is 23.8 Å². The molecule has 7 nitrogen and oxygen atoms in total. The van der Waals surface area contributed by atoms with E-state index >= 15 is 0 Å². The molecule has 14 heteroatoms. The lowest BCUT2D eigenvalue weighted by Crippen LogP contribution is -2.65. The first-order valence-corrected chi connectivity index (χ1v) is 8.93. The standard InChI is InChI=1S/C16H16F7N7/c17-13(18)3-7(4-13)15(9-1-2-25-10(27-9)16(21,22)23)29-11(24)28-12(30-15)26-8-5-14(19,20)6-8/h1-2,7-8H,3-6H2,(H4,24,26,28,29,30). The van der Waals surface area contributed by atoms with Gasteiger partial charge in [0, 0.05) is 37.8 Å². The summed E-state index contributed by atoms with van der Waals surface area (Å²) in [5.74, 6) is -8.80. The fourth-order valence-corrected chi connectivity index (χ4v) is 3.74. The van der Waals surface area contributed by atoms with Gasteiger partial charge in [0.1, 0.15) is 0 Å². The SMILES string of the molecule is NC1=NC(c2ccnc(C(F)(F)F)n2)(C2CC(F)(F)C2)NC(=NC2CC(F)(F)C2)N1. The van der Waals surface area contributed by atoms with Crippen LogP contribution in [0.5, 0.6) is 0 Å². The Kier molecular flexibility index (Phi) is 4.40. The van der Waals surface area contributed by atoms with E-state index in [0.29, 0.717) is 0 Å². The fourth-order valence-electron chi connectivity index (χ4n) is 3.74. The molecule has 30 heavy (non-hydrogen) atoms. The van der Waals surface area contributed by atoms with Gasteiger partial charge in [-0.05, 0) is 6.07 Å². The summed E-state index contributed by atoms with van der Waals surface area (Å²) in [6, 6.07) is 0.341. The highest BCUT2D eigenvalue weighted by Crippen LogP contribution is 2.52. The molecule has 1 aliphatic heterocycles. The molecule has 1 aromatic heterocycles. The zero-order valence-electron chi connectivity index (χ0n) is 15.1. The fraction of sp³-hybridized carbons (Fsp3) is 0.625. The quantitative estimate of drug-likeness (QED) is 0.628. The van der Waals surface area contributed by atoms with Crippen LogP contribution in [0.1, 0.15) is 37.2 Å².